The molecule has 0 heterocycles. The number of rotatable bonds is 1. The molecule has 0 aromatic heterocycles. The van der Waals surface area contributed by atoms with Crippen LogP contribution < -0.4 is 0 Å². The number of hydrogen-bond donors (Lipinski definition) is 1. The van der Waals surface area contributed by atoms with Crippen LogP contribution in [0.25, 0.3) is 10.8 Å². The van der Waals surface area contributed by atoms with E-state index >= 15 is 0 Å². The molecule has 2 aromatic rings. The zero-order valence-corrected chi connectivity index (χ0v) is 8.45. The second-order valence-electron chi connectivity index (χ2n) is 3.51. The molecular formula is C12H7F3O2. The summed E-state index contributed by atoms with van der Waals surface area (Å²) in [4.78, 5) is 10.9. The molecule has 2 rings (SSSR count). The van der Waals surface area contributed by atoms with Gasteiger partial charge in [0.05, 0.1) is 11.1 Å². The van der Waals surface area contributed by atoms with Crippen molar-refractivity contribution in [1.29, 1.82) is 0 Å². The molecule has 0 spiro atoms. The number of aromatic carboxylic acids is 1. The zero-order chi connectivity index (χ0) is 12.6. The Morgan fingerprint density at radius 3 is 2.18 bits per heavy atom. The molecule has 0 bridgehead atoms. The molecule has 0 saturated heterocycles. The molecule has 0 radical (unpaired) electrons. The van der Waals surface area contributed by atoms with Gasteiger partial charge in [0.25, 0.3) is 0 Å². The average Bonchev–Trinajstić information content (AvgIpc) is 2.26. The summed E-state index contributed by atoms with van der Waals surface area (Å²) in [7, 11) is 0. The van der Waals surface area contributed by atoms with E-state index in [0.717, 1.165) is 6.07 Å². The lowest BCUT2D eigenvalue weighted by Crippen LogP contribution is -2.06. The maximum absolute atomic E-state index is 12.7. The quantitative estimate of drug-likeness (QED) is 0.827. The number of hydrogen-bond acceptors (Lipinski definition) is 1. The number of benzene rings is 2. The van der Waals surface area contributed by atoms with E-state index in [1.807, 2.05) is 0 Å². The number of halogens is 3. The van der Waals surface area contributed by atoms with Crippen molar-refractivity contribution in [3.63, 3.8) is 0 Å². The van der Waals surface area contributed by atoms with Crippen LogP contribution in [0, 0.1) is 0 Å². The van der Waals surface area contributed by atoms with Gasteiger partial charge in [-0.3, -0.25) is 0 Å². The van der Waals surface area contributed by atoms with Gasteiger partial charge in [0.15, 0.2) is 0 Å². The van der Waals surface area contributed by atoms with Crippen molar-refractivity contribution in [1.82, 2.24) is 0 Å². The van der Waals surface area contributed by atoms with Crippen LogP contribution in [0.2, 0.25) is 0 Å². The first-order valence-corrected chi connectivity index (χ1v) is 4.73. The summed E-state index contributed by atoms with van der Waals surface area (Å²) >= 11 is 0. The van der Waals surface area contributed by atoms with Crippen molar-refractivity contribution in [2.24, 2.45) is 0 Å². The van der Waals surface area contributed by atoms with Gasteiger partial charge in [-0.15, -0.1) is 0 Å². The molecule has 0 fully saturated rings. The predicted octanol–water partition coefficient (Wildman–Crippen LogP) is 3.56. The minimum Gasteiger partial charge on any atom is -0.478 e. The fourth-order valence-electron chi connectivity index (χ4n) is 1.74. The lowest BCUT2D eigenvalue weighted by molar-refractivity contribution is -0.136. The second kappa shape index (κ2) is 3.76. The number of carboxylic acids is 1. The van der Waals surface area contributed by atoms with Crippen molar-refractivity contribution in [2.45, 2.75) is 6.18 Å². The Kier molecular flexibility index (Phi) is 2.53. The Morgan fingerprint density at radius 1 is 1.00 bits per heavy atom. The Balaban J connectivity index is 2.84. The highest BCUT2D eigenvalue weighted by molar-refractivity contribution is 6.04. The number of fused-ring (bicyclic) bond motifs is 1. The largest absolute Gasteiger partial charge is 0.478 e. The van der Waals surface area contributed by atoms with E-state index < -0.39 is 17.7 Å². The van der Waals surface area contributed by atoms with Crippen LogP contribution in [0.15, 0.2) is 36.4 Å². The van der Waals surface area contributed by atoms with Crippen molar-refractivity contribution in [3.8, 4) is 0 Å². The van der Waals surface area contributed by atoms with Crippen LogP contribution in [-0.2, 0) is 6.18 Å². The third-order valence-corrected chi connectivity index (χ3v) is 2.46. The first kappa shape index (κ1) is 11.4. The molecule has 5 heteroatoms. The van der Waals surface area contributed by atoms with Gasteiger partial charge in [-0.2, -0.15) is 13.2 Å². The van der Waals surface area contributed by atoms with Crippen molar-refractivity contribution in [3.05, 3.63) is 47.5 Å². The van der Waals surface area contributed by atoms with Crippen LogP contribution in [0.3, 0.4) is 0 Å². The van der Waals surface area contributed by atoms with Gasteiger partial charge in [0, 0.05) is 0 Å². The summed E-state index contributed by atoms with van der Waals surface area (Å²) in [6, 6.07) is 7.37. The SMILES string of the molecule is O=C(O)c1cccc2c(C(F)(F)F)cccc12. The molecule has 0 aliphatic heterocycles. The normalized spacial score (nSPS) is 11.7. The first-order valence-electron chi connectivity index (χ1n) is 4.73. The lowest BCUT2D eigenvalue weighted by Gasteiger charge is -2.11. The van der Waals surface area contributed by atoms with Crippen LogP contribution >= 0.6 is 0 Å². The minimum absolute atomic E-state index is 0.0924. The zero-order valence-electron chi connectivity index (χ0n) is 8.45. The van der Waals surface area contributed by atoms with Gasteiger partial charge in [0.1, 0.15) is 0 Å². The Morgan fingerprint density at radius 2 is 1.59 bits per heavy atom. The molecule has 88 valence electrons. The topological polar surface area (TPSA) is 37.3 Å². The van der Waals surface area contributed by atoms with Crippen molar-refractivity contribution in [2.75, 3.05) is 0 Å². The number of carboxylic acid groups (broad SMARTS) is 1. The van der Waals surface area contributed by atoms with E-state index in [-0.39, 0.29) is 16.3 Å². The molecule has 0 atom stereocenters. The smallest absolute Gasteiger partial charge is 0.417 e. The van der Waals surface area contributed by atoms with Crippen LogP contribution in [0.1, 0.15) is 15.9 Å². The van der Waals surface area contributed by atoms with E-state index in [1.165, 1.54) is 30.3 Å². The third kappa shape index (κ3) is 1.95. The molecular weight excluding hydrogens is 233 g/mol. The van der Waals surface area contributed by atoms with Gasteiger partial charge in [-0.05, 0) is 22.9 Å². The highest BCUT2D eigenvalue weighted by Crippen LogP contribution is 2.35. The molecule has 0 aliphatic carbocycles. The van der Waals surface area contributed by atoms with Gasteiger partial charge in [-0.1, -0.05) is 24.3 Å². The van der Waals surface area contributed by atoms with E-state index in [2.05, 4.69) is 0 Å². The second-order valence-corrected chi connectivity index (χ2v) is 3.51. The van der Waals surface area contributed by atoms with Crippen LogP contribution in [-0.4, -0.2) is 11.1 Å². The van der Waals surface area contributed by atoms with Gasteiger partial charge in [0.2, 0.25) is 0 Å². The van der Waals surface area contributed by atoms with Gasteiger partial charge in [-0.25, -0.2) is 4.79 Å². The fourth-order valence-corrected chi connectivity index (χ4v) is 1.74. The fraction of sp³-hybridized carbons (Fsp3) is 0.0833. The van der Waals surface area contributed by atoms with Gasteiger partial charge >= 0.3 is 12.1 Å². The Labute approximate surface area is 94.3 Å². The van der Waals surface area contributed by atoms with Crippen molar-refractivity contribution < 1.29 is 23.1 Å². The molecule has 0 aliphatic rings. The summed E-state index contributed by atoms with van der Waals surface area (Å²) in [6.45, 7) is 0. The average molecular weight is 240 g/mol. The number of alkyl halides is 3. The summed E-state index contributed by atoms with van der Waals surface area (Å²) < 4.78 is 38.1. The molecule has 17 heavy (non-hydrogen) atoms. The summed E-state index contributed by atoms with van der Waals surface area (Å²) in [6.07, 6.45) is -4.49. The van der Waals surface area contributed by atoms with E-state index in [0.29, 0.717) is 0 Å². The summed E-state index contributed by atoms with van der Waals surface area (Å²) in [5, 5.41) is 8.89. The monoisotopic (exact) mass is 240 g/mol. The number of carbonyl (C=O) groups is 1. The molecule has 1 N–H and O–H groups in total. The summed E-state index contributed by atoms with van der Waals surface area (Å²) in [5.41, 5.74) is -0.952. The standard InChI is InChI=1S/C12H7F3O2/c13-12(14,15)10-6-2-3-7-8(10)4-1-5-9(7)11(16)17/h1-6H,(H,16,17). The maximum atomic E-state index is 12.7. The lowest BCUT2D eigenvalue weighted by atomic mass is 10.00. The molecule has 0 saturated carbocycles. The minimum atomic E-state index is -4.49. The summed E-state index contributed by atoms with van der Waals surface area (Å²) in [5.74, 6) is -1.24. The molecule has 2 aromatic carbocycles. The Hall–Kier alpha value is -2.04. The maximum Gasteiger partial charge on any atom is 0.417 e. The molecule has 0 amide bonds. The molecule has 2 nitrogen and oxygen atoms in total. The van der Waals surface area contributed by atoms with E-state index in [4.69, 9.17) is 5.11 Å². The Bertz CT molecular complexity index is 588. The van der Waals surface area contributed by atoms with E-state index in [9.17, 15) is 18.0 Å². The van der Waals surface area contributed by atoms with Crippen LogP contribution in [0.4, 0.5) is 13.2 Å². The predicted molar refractivity (Wildman–Crippen MR) is 55.9 cm³/mol. The molecule has 0 unspecified atom stereocenters. The van der Waals surface area contributed by atoms with Crippen molar-refractivity contribution >= 4 is 16.7 Å². The van der Waals surface area contributed by atoms with E-state index in [1.54, 1.807) is 0 Å². The highest BCUT2D eigenvalue weighted by atomic mass is 19.4. The highest BCUT2D eigenvalue weighted by Gasteiger charge is 2.32. The third-order valence-electron chi connectivity index (χ3n) is 2.46. The van der Waals surface area contributed by atoms with Gasteiger partial charge < -0.3 is 5.11 Å². The van der Waals surface area contributed by atoms with Crippen LogP contribution in [0.5, 0.6) is 0 Å². The first-order chi connectivity index (χ1) is 7.91.